The van der Waals surface area contributed by atoms with E-state index in [4.69, 9.17) is 43.2 Å². The molecule has 1 saturated heterocycles. The average molecular weight is 915 g/mol. The van der Waals surface area contributed by atoms with Crippen molar-refractivity contribution in [3.05, 3.63) is 126 Å². The van der Waals surface area contributed by atoms with Gasteiger partial charge < -0.3 is 48.2 Å². The molecule has 4 aromatic rings. The van der Waals surface area contributed by atoms with Crippen LogP contribution in [0.5, 0.6) is 28.7 Å². The Labute approximate surface area is 392 Å². The Kier molecular flexibility index (Phi) is 14.8. The number of ether oxygens (including phenoxy) is 7. The summed E-state index contributed by atoms with van der Waals surface area (Å²) in [5, 5.41) is 25.0. The Morgan fingerprint density at radius 3 is 2.40 bits per heavy atom. The summed E-state index contributed by atoms with van der Waals surface area (Å²) in [5.41, 5.74) is 5.55. The third-order valence-electron chi connectivity index (χ3n) is 13.8. The molecule has 0 bridgehead atoms. The van der Waals surface area contributed by atoms with E-state index in [0.717, 1.165) is 66.4 Å². The maximum atomic E-state index is 14.5. The molecule has 1 saturated carbocycles. The topological polar surface area (TPSA) is 147 Å². The number of aliphatic hydroxyl groups is 2. The van der Waals surface area contributed by atoms with Crippen molar-refractivity contribution in [1.82, 2.24) is 4.90 Å². The monoisotopic (exact) mass is 914 g/mol. The average Bonchev–Trinajstić information content (AvgIpc) is 3.84. The first kappa shape index (κ1) is 46.3. The molecular formula is C54H62N2O11. The fourth-order valence-electron chi connectivity index (χ4n) is 10.8. The zero-order valence-corrected chi connectivity index (χ0v) is 38.3. The number of nitrogens with zero attached hydrogens (tertiary/aromatic N) is 2. The van der Waals surface area contributed by atoms with Gasteiger partial charge in [-0.05, 0) is 115 Å². The van der Waals surface area contributed by atoms with Crippen LogP contribution in [0.1, 0.15) is 81.3 Å². The maximum Gasteiger partial charge on any atom is 0.410 e. The molecule has 9 rings (SSSR count). The molecule has 2 aliphatic carbocycles. The highest BCUT2D eigenvalue weighted by atomic mass is 16.8. The molecule has 1 unspecified atom stereocenters. The van der Waals surface area contributed by atoms with Crippen molar-refractivity contribution in [3.63, 3.8) is 0 Å². The molecule has 0 radical (unpaired) electrons. The summed E-state index contributed by atoms with van der Waals surface area (Å²) in [6.45, 7) is 5.19. The van der Waals surface area contributed by atoms with Gasteiger partial charge in [0.2, 0.25) is 18.9 Å². The number of oxime groups is 1. The molecule has 2 fully saturated rings. The van der Waals surface area contributed by atoms with E-state index < -0.39 is 30.1 Å². The van der Waals surface area contributed by atoms with Gasteiger partial charge in [-0.2, -0.15) is 0 Å². The number of rotatable bonds is 19. The van der Waals surface area contributed by atoms with Crippen molar-refractivity contribution >= 4 is 11.8 Å². The van der Waals surface area contributed by atoms with Crippen LogP contribution < -0.4 is 18.9 Å². The predicted octanol–water partition coefficient (Wildman–Crippen LogP) is 10.3. The molecule has 5 aliphatic rings. The summed E-state index contributed by atoms with van der Waals surface area (Å²) in [6.07, 6.45) is 10.3. The molecule has 67 heavy (non-hydrogen) atoms. The predicted molar refractivity (Wildman–Crippen MR) is 252 cm³/mol. The number of methoxy groups -OCH3 is 1. The zero-order valence-electron chi connectivity index (χ0n) is 38.3. The van der Waals surface area contributed by atoms with Crippen molar-refractivity contribution in [3.8, 4) is 39.9 Å². The third kappa shape index (κ3) is 9.92. The van der Waals surface area contributed by atoms with Crippen LogP contribution in [0.25, 0.3) is 11.1 Å². The van der Waals surface area contributed by atoms with Crippen LogP contribution in [0.3, 0.4) is 0 Å². The van der Waals surface area contributed by atoms with Gasteiger partial charge in [0.1, 0.15) is 23.3 Å². The Hall–Kier alpha value is -5.86. The molecule has 3 heterocycles. The third-order valence-corrected chi connectivity index (χ3v) is 13.8. The number of carbonyl (C=O) groups excluding carboxylic acids is 1. The lowest BCUT2D eigenvalue weighted by molar-refractivity contribution is -0.256. The smallest absolute Gasteiger partial charge is 0.410 e. The van der Waals surface area contributed by atoms with E-state index in [1.165, 1.54) is 7.11 Å². The molecule has 1 amide bonds. The first-order chi connectivity index (χ1) is 32.9. The van der Waals surface area contributed by atoms with Gasteiger partial charge in [0, 0.05) is 44.1 Å². The second-order valence-corrected chi connectivity index (χ2v) is 18.0. The zero-order chi connectivity index (χ0) is 46.2. The van der Waals surface area contributed by atoms with E-state index in [2.05, 4.69) is 43.0 Å². The molecule has 3 aliphatic heterocycles. The number of benzene rings is 4. The number of hydrogen-bond donors (Lipinski definition) is 2. The Balaban J connectivity index is 1.20. The summed E-state index contributed by atoms with van der Waals surface area (Å²) in [6, 6.07) is 29.1. The fourth-order valence-corrected chi connectivity index (χ4v) is 10.8. The van der Waals surface area contributed by atoms with Crippen LogP contribution in [-0.4, -0.2) is 85.4 Å². The highest BCUT2D eigenvalue weighted by Gasteiger charge is 2.65. The Bertz CT molecular complexity index is 2380. The van der Waals surface area contributed by atoms with Gasteiger partial charge >= 0.3 is 6.09 Å². The van der Waals surface area contributed by atoms with Gasteiger partial charge in [0.15, 0.2) is 11.5 Å². The summed E-state index contributed by atoms with van der Waals surface area (Å²) in [5.74, 6) is 1.00. The fraction of sp³-hybridized carbons (Fsp3) is 0.444. The number of unbranched alkanes of at least 4 members (excludes halogenated alkanes) is 2. The lowest BCUT2D eigenvalue weighted by Gasteiger charge is -2.59. The summed E-state index contributed by atoms with van der Waals surface area (Å²) < 4.78 is 44.2. The van der Waals surface area contributed by atoms with E-state index in [-0.39, 0.29) is 57.3 Å². The van der Waals surface area contributed by atoms with Crippen LogP contribution in [0.15, 0.2) is 120 Å². The molecule has 13 nitrogen and oxygen atoms in total. The van der Waals surface area contributed by atoms with Gasteiger partial charge in [0.05, 0.1) is 32.0 Å². The van der Waals surface area contributed by atoms with Gasteiger partial charge in [-0.3, -0.25) is 4.90 Å². The minimum Gasteiger partial charge on any atom is -0.459 e. The minimum atomic E-state index is -1.48. The lowest BCUT2D eigenvalue weighted by Crippen LogP contribution is -2.70. The maximum absolute atomic E-state index is 14.5. The normalized spacial score (nSPS) is 25.2. The van der Waals surface area contributed by atoms with Gasteiger partial charge in [-0.25, -0.2) is 4.79 Å². The van der Waals surface area contributed by atoms with E-state index in [1.807, 2.05) is 60.7 Å². The quantitative estimate of drug-likeness (QED) is 0.0526. The molecule has 7 atom stereocenters. The van der Waals surface area contributed by atoms with E-state index in [0.29, 0.717) is 60.3 Å². The van der Waals surface area contributed by atoms with Gasteiger partial charge in [0.25, 0.3) is 0 Å². The molecule has 13 heteroatoms. The van der Waals surface area contributed by atoms with Crippen LogP contribution in [0, 0.1) is 17.8 Å². The molecule has 354 valence electrons. The van der Waals surface area contributed by atoms with E-state index in [1.54, 1.807) is 11.0 Å². The first-order valence-electron chi connectivity index (χ1n) is 23.8. The van der Waals surface area contributed by atoms with Crippen LogP contribution in [0.4, 0.5) is 4.79 Å². The number of carbonyl (C=O) groups is 1. The van der Waals surface area contributed by atoms with Crippen molar-refractivity contribution < 1.29 is 53.0 Å². The highest BCUT2D eigenvalue weighted by Crippen LogP contribution is 2.62. The molecule has 0 aromatic heterocycles. The SMILES string of the molecule is C=CCO[C@@]12Oc3ccc(Oc4ccc(-c5ccccc5)cc4)cc3[C@H]3[C@H](CCCCO)[C@@H](CCCCO)C=C(C(=NOC4CCCCO4)C[C@@H]1N(Cc1ccc4c(c1)OCO4)C(=O)OC)[C@H]32. The molecule has 0 spiro atoms. The molecular weight excluding hydrogens is 853 g/mol. The Morgan fingerprint density at radius 1 is 0.881 bits per heavy atom. The lowest BCUT2D eigenvalue weighted by atomic mass is 9.55. The number of aliphatic hydroxyl groups excluding tert-OH is 2. The van der Waals surface area contributed by atoms with Crippen molar-refractivity contribution in [2.45, 2.75) is 94.8 Å². The second-order valence-electron chi connectivity index (χ2n) is 18.0. The van der Waals surface area contributed by atoms with Gasteiger partial charge in [-0.15, -0.1) is 6.58 Å². The van der Waals surface area contributed by atoms with Crippen molar-refractivity contribution in [1.29, 1.82) is 0 Å². The number of hydrogen-bond acceptors (Lipinski definition) is 12. The highest BCUT2D eigenvalue weighted by molar-refractivity contribution is 6.03. The number of fused-ring (bicyclic) bond motifs is 3. The molecule has 2 N–H and O–H groups in total. The van der Waals surface area contributed by atoms with E-state index in [9.17, 15) is 15.0 Å². The number of amides is 1. The van der Waals surface area contributed by atoms with Crippen molar-refractivity contribution in [2.75, 3.05) is 40.3 Å². The standard InChI is InChI=1S/C54H62N2O11/c1-3-28-64-54-49(56(53(59)60-2)34-36-18-24-47-48(30-36)63-35-62-47)33-45(55-67-50-17-9-12-29-61-50)43-31-39(15-7-10-26-57)42(16-8-11-27-58)51(52(43)54)44-32-41(23-25-46(44)66-54)65-40-21-19-38(20-22-40)37-13-5-4-6-14-37/h3-6,13-14,18-25,30-32,39,42,49-52,57-58H,1,7-12,15-17,26-29,33-35H2,2H3/t39-,42+,49-,50?,51+,52+,54+/m0/s1. The number of allylic oxidation sites excluding steroid dienone is 1. The first-order valence-corrected chi connectivity index (χ1v) is 23.8. The van der Waals surface area contributed by atoms with Gasteiger partial charge in [-0.1, -0.05) is 78.7 Å². The largest absolute Gasteiger partial charge is 0.459 e. The summed E-state index contributed by atoms with van der Waals surface area (Å²) in [7, 11) is 1.38. The molecule has 4 aromatic carbocycles. The minimum absolute atomic E-state index is 0.0248. The summed E-state index contributed by atoms with van der Waals surface area (Å²) >= 11 is 0. The van der Waals surface area contributed by atoms with Crippen LogP contribution >= 0.6 is 0 Å². The van der Waals surface area contributed by atoms with Crippen LogP contribution in [-0.2, 0) is 25.6 Å². The summed E-state index contributed by atoms with van der Waals surface area (Å²) in [4.78, 5) is 22.4. The van der Waals surface area contributed by atoms with Crippen LogP contribution in [0.2, 0.25) is 0 Å². The Morgan fingerprint density at radius 2 is 1.64 bits per heavy atom. The van der Waals surface area contributed by atoms with E-state index >= 15 is 0 Å². The second kappa shape index (κ2) is 21.4. The van der Waals surface area contributed by atoms with Crippen molar-refractivity contribution in [2.24, 2.45) is 22.9 Å².